The molecule has 0 amide bonds. The van der Waals surface area contributed by atoms with Gasteiger partial charge in [-0.2, -0.15) is 0 Å². The average molecular weight is 507 g/mol. The van der Waals surface area contributed by atoms with Crippen molar-refractivity contribution in [3.05, 3.63) is 11.6 Å². The van der Waals surface area contributed by atoms with Crippen molar-refractivity contribution in [2.45, 2.75) is 111 Å². The normalized spacial score (nSPS) is 58.1. The van der Waals surface area contributed by atoms with Crippen LogP contribution in [-0.4, -0.2) is 68.3 Å². The molecule has 0 aromatic carbocycles. The van der Waals surface area contributed by atoms with Crippen LogP contribution >= 0.6 is 0 Å². The monoisotopic (exact) mass is 506 g/mol. The molecule has 0 aromatic rings. The number of hydrogen-bond acceptors (Lipinski definition) is 6. The molecule has 0 unspecified atom stereocenters. The first-order chi connectivity index (χ1) is 16.6. The van der Waals surface area contributed by atoms with Crippen LogP contribution in [0.4, 0.5) is 0 Å². The molecule has 5 rings (SSSR count). The van der Waals surface area contributed by atoms with Gasteiger partial charge in [0.25, 0.3) is 0 Å². The Labute approximate surface area is 216 Å². The van der Waals surface area contributed by atoms with E-state index < -0.39 is 35.7 Å². The Morgan fingerprint density at radius 3 is 2.06 bits per heavy atom. The summed E-state index contributed by atoms with van der Waals surface area (Å²) in [5.74, 6) is 0.515. The van der Waals surface area contributed by atoms with Gasteiger partial charge in [0.2, 0.25) is 0 Å². The van der Waals surface area contributed by atoms with Gasteiger partial charge in [0.15, 0.2) is 0 Å². The van der Waals surface area contributed by atoms with Crippen molar-refractivity contribution in [1.82, 2.24) is 0 Å². The Balaban J connectivity index is 1.63. The third-order valence-electron chi connectivity index (χ3n) is 13.6. The minimum absolute atomic E-state index is 0.0825. The summed E-state index contributed by atoms with van der Waals surface area (Å²) in [4.78, 5) is 0. The minimum Gasteiger partial charge on any atom is -0.396 e. The highest BCUT2D eigenvalue weighted by Crippen LogP contribution is 2.75. The van der Waals surface area contributed by atoms with Gasteiger partial charge in [-0.15, -0.1) is 0 Å². The quantitative estimate of drug-likeness (QED) is 0.320. The van der Waals surface area contributed by atoms with Crippen molar-refractivity contribution in [2.24, 2.45) is 50.2 Å². The Morgan fingerprint density at radius 2 is 1.44 bits per heavy atom. The van der Waals surface area contributed by atoms with Crippen LogP contribution in [0.5, 0.6) is 0 Å². The van der Waals surface area contributed by atoms with E-state index in [1.54, 1.807) is 6.92 Å². The smallest absolute Gasteiger partial charge is 0.0914 e. The van der Waals surface area contributed by atoms with Crippen LogP contribution in [0.2, 0.25) is 0 Å². The number of aliphatic hydroxyl groups excluding tert-OH is 6. The summed E-state index contributed by atoms with van der Waals surface area (Å²) in [7, 11) is 0. The number of hydrogen-bond donors (Lipinski definition) is 6. The molecule has 0 aliphatic heterocycles. The lowest BCUT2D eigenvalue weighted by Gasteiger charge is -2.72. The van der Waals surface area contributed by atoms with Gasteiger partial charge in [-0.25, -0.2) is 0 Å². The minimum atomic E-state index is -1.32. The molecule has 5 aliphatic rings. The molecule has 0 aromatic heterocycles. The maximum Gasteiger partial charge on any atom is 0.0914 e. The molecule has 0 saturated heterocycles. The van der Waals surface area contributed by atoms with E-state index >= 15 is 0 Å². The third kappa shape index (κ3) is 2.95. The molecule has 206 valence electrons. The van der Waals surface area contributed by atoms with Gasteiger partial charge in [-0.3, -0.25) is 0 Å². The summed E-state index contributed by atoms with van der Waals surface area (Å²) in [6.07, 6.45) is 4.20. The second kappa shape index (κ2) is 8.02. The average Bonchev–Trinajstić information content (AvgIpc) is 2.81. The summed E-state index contributed by atoms with van der Waals surface area (Å²) < 4.78 is 0. The van der Waals surface area contributed by atoms with Gasteiger partial charge in [0.05, 0.1) is 43.0 Å². The molecular weight excluding hydrogens is 456 g/mol. The second-order valence-electron chi connectivity index (χ2n) is 15.1. The first-order valence-corrected chi connectivity index (χ1v) is 14.2. The van der Waals surface area contributed by atoms with Crippen LogP contribution in [-0.2, 0) is 0 Å². The lowest BCUT2D eigenvalue weighted by molar-refractivity contribution is -0.262. The Kier molecular flexibility index (Phi) is 6.03. The molecule has 36 heavy (non-hydrogen) atoms. The van der Waals surface area contributed by atoms with Crippen molar-refractivity contribution in [1.29, 1.82) is 0 Å². The zero-order valence-corrected chi connectivity index (χ0v) is 23.2. The van der Waals surface area contributed by atoms with E-state index in [1.807, 2.05) is 0 Å². The van der Waals surface area contributed by atoms with Gasteiger partial charge in [-0.05, 0) is 84.4 Å². The number of fused-ring (bicyclic) bond motifs is 7. The zero-order valence-electron chi connectivity index (χ0n) is 23.2. The van der Waals surface area contributed by atoms with Gasteiger partial charge in [0, 0.05) is 5.41 Å². The Hall–Kier alpha value is -0.500. The maximum atomic E-state index is 11.8. The van der Waals surface area contributed by atoms with Gasteiger partial charge >= 0.3 is 0 Å². The maximum absolute atomic E-state index is 11.8. The van der Waals surface area contributed by atoms with E-state index in [4.69, 9.17) is 0 Å². The van der Waals surface area contributed by atoms with Gasteiger partial charge in [0.1, 0.15) is 0 Å². The molecule has 4 fully saturated rings. The molecule has 5 aliphatic carbocycles. The van der Waals surface area contributed by atoms with E-state index in [-0.39, 0.29) is 40.3 Å². The Bertz CT molecular complexity index is 932. The lowest BCUT2D eigenvalue weighted by atomic mass is 9.33. The number of aliphatic hydroxyl groups is 6. The molecule has 0 bridgehead atoms. The first kappa shape index (κ1) is 27.1. The third-order valence-corrected chi connectivity index (χ3v) is 13.6. The van der Waals surface area contributed by atoms with Gasteiger partial charge < -0.3 is 30.6 Å². The van der Waals surface area contributed by atoms with Crippen LogP contribution in [0.1, 0.15) is 86.5 Å². The Morgan fingerprint density at radius 1 is 0.778 bits per heavy atom. The predicted octanol–water partition coefficient (Wildman–Crippen LogP) is 3.03. The topological polar surface area (TPSA) is 121 Å². The number of rotatable bonds is 2. The molecule has 0 radical (unpaired) electrons. The highest BCUT2D eigenvalue weighted by molar-refractivity contribution is 5.36. The van der Waals surface area contributed by atoms with Crippen molar-refractivity contribution in [3.63, 3.8) is 0 Å². The molecule has 6 N–H and O–H groups in total. The molecule has 4 saturated carbocycles. The van der Waals surface area contributed by atoms with Crippen LogP contribution in [0, 0.1) is 50.2 Å². The van der Waals surface area contributed by atoms with E-state index in [0.717, 1.165) is 32.1 Å². The standard InChI is InChI=1S/C30H50O6/c1-25(2)19-9-12-28(5)20(27(19,4)11-10-21(25)33)8-7-17-18-13-26(3,15-31)23(35)24(36)30(18,16-32)22(34)14-29(17,28)6/h7,18-24,31-36H,8-16H2,1-6H3/t18-,19-,20+,21-,22+,23-,24-,26+,27-,28+,29+,30-/m0/s1. The van der Waals surface area contributed by atoms with E-state index in [1.165, 1.54) is 5.57 Å². The fourth-order valence-electron chi connectivity index (χ4n) is 10.9. The highest BCUT2D eigenvalue weighted by atomic mass is 16.3. The van der Waals surface area contributed by atoms with E-state index in [2.05, 4.69) is 40.7 Å². The molecule has 12 atom stereocenters. The molecule has 6 nitrogen and oxygen atoms in total. The van der Waals surface area contributed by atoms with Crippen molar-refractivity contribution >= 4 is 0 Å². The van der Waals surface area contributed by atoms with Crippen molar-refractivity contribution < 1.29 is 30.6 Å². The van der Waals surface area contributed by atoms with Crippen LogP contribution < -0.4 is 0 Å². The highest BCUT2D eigenvalue weighted by Gasteiger charge is 2.72. The van der Waals surface area contributed by atoms with Crippen LogP contribution in [0.25, 0.3) is 0 Å². The zero-order chi connectivity index (χ0) is 26.7. The molecule has 0 heterocycles. The van der Waals surface area contributed by atoms with Crippen molar-refractivity contribution in [3.8, 4) is 0 Å². The summed E-state index contributed by atoms with van der Waals surface area (Å²) in [6, 6.07) is 0. The second-order valence-corrected chi connectivity index (χ2v) is 15.1. The molecule has 0 spiro atoms. The fraction of sp³-hybridized carbons (Fsp3) is 0.933. The first-order valence-electron chi connectivity index (χ1n) is 14.2. The number of allylic oxidation sites excluding steroid dienone is 2. The summed E-state index contributed by atoms with van der Waals surface area (Å²) in [6.45, 7) is 12.7. The van der Waals surface area contributed by atoms with E-state index in [9.17, 15) is 30.6 Å². The summed E-state index contributed by atoms with van der Waals surface area (Å²) in [5, 5.41) is 66.0. The van der Waals surface area contributed by atoms with Crippen molar-refractivity contribution in [2.75, 3.05) is 13.2 Å². The van der Waals surface area contributed by atoms with Crippen LogP contribution in [0.15, 0.2) is 11.6 Å². The summed E-state index contributed by atoms with van der Waals surface area (Å²) >= 11 is 0. The predicted molar refractivity (Wildman–Crippen MR) is 138 cm³/mol. The largest absolute Gasteiger partial charge is 0.396 e. The SMILES string of the molecule is CC1(C)[C@@H](O)CC[C@]2(C)[C@H]3CC=C4[C@@H]5C[C@](C)(CO)[C@@H](O)[C@H](O)[C@]5(CO)[C@H](O)C[C@@]4(C)[C@]3(C)CC[C@@H]12. The molecule has 6 heteroatoms. The van der Waals surface area contributed by atoms with Gasteiger partial charge in [-0.1, -0.05) is 53.2 Å². The summed E-state index contributed by atoms with van der Waals surface area (Å²) in [5.41, 5.74) is -1.41. The van der Waals surface area contributed by atoms with E-state index in [0.29, 0.717) is 24.7 Å². The van der Waals surface area contributed by atoms with Crippen LogP contribution in [0.3, 0.4) is 0 Å². The fourth-order valence-corrected chi connectivity index (χ4v) is 10.9. The lowest BCUT2D eigenvalue weighted by Crippen LogP contribution is -2.72. The molecular formula is C30H50O6.